The quantitative estimate of drug-likeness (QED) is 0.174. The maximum atomic E-state index is 5.54. The molecule has 0 saturated carbocycles. The summed E-state index contributed by atoms with van der Waals surface area (Å²) in [4.78, 5) is 12.2. The van der Waals surface area contributed by atoms with Gasteiger partial charge >= 0.3 is 0 Å². The molecule has 4 aromatic heterocycles. The topological polar surface area (TPSA) is 35.6 Å². The van der Waals surface area contributed by atoms with Crippen LogP contribution in [0.15, 0.2) is 206 Å². The van der Waals surface area contributed by atoms with Crippen LogP contribution in [0.1, 0.15) is 0 Å². The lowest BCUT2D eigenvalue weighted by molar-refractivity contribution is 1.01. The number of thiophene rings is 1. The molecule has 13 rings (SSSR count). The van der Waals surface area contributed by atoms with Gasteiger partial charge in [-0.25, -0.2) is 9.97 Å². The highest BCUT2D eigenvalue weighted by Crippen LogP contribution is 2.44. The Bertz CT molecular complexity index is 3860. The van der Waals surface area contributed by atoms with E-state index in [1.165, 1.54) is 69.6 Å². The Labute approximate surface area is 354 Å². The number of fused-ring (bicyclic) bond motifs is 11. The standard InChI is InChI=1S/C56H34N4S/c1-4-16-36(17-5-1)50-34-39-27-30-45-53(55(39)61-50)54(37-18-6-2-7-19-37)58-56(57-45)60-46-25-13-12-23-43(46)51-42(24-14-26-48(51)60)38-29-31-47-44(33-38)52-41-22-11-10-15-35(41)28-32-49(52)59(47)40-20-8-3-9-21-40/h1-34H. The molecule has 0 N–H and O–H groups in total. The first-order valence-corrected chi connectivity index (χ1v) is 21.5. The van der Waals surface area contributed by atoms with Gasteiger partial charge < -0.3 is 4.57 Å². The molecule has 284 valence electrons. The van der Waals surface area contributed by atoms with Gasteiger partial charge in [0.1, 0.15) is 0 Å². The summed E-state index contributed by atoms with van der Waals surface area (Å²) >= 11 is 1.81. The fourth-order valence-corrected chi connectivity index (χ4v) is 10.8. The first-order chi connectivity index (χ1) is 30.3. The number of nitrogens with zero attached hydrogens (tertiary/aromatic N) is 4. The summed E-state index contributed by atoms with van der Waals surface area (Å²) in [5, 5.41) is 9.61. The number of hydrogen-bond donors (Lipinski definition) is 0. The summed E-state index contributed by atoms with van der Waals surface area (Å²) in [7, 11) is 0. The minimum absolute atomic E-state index is 0.654. The number of para-hydroxylation sites is 2. The molecule has 0 aliphatic rings. The smallest absolute Gasteiger partial charge is 0.235 e. The third-order valence-electron chi connectivity index (χ3n) is 12.3. The van der Waals surface area contributed by atoms with Crippen molar-refractivity contribution in [1.82, 2.24) is 19.1 Å². The molecule has 0 unspecified atom stereocenters. The van der Waals surface area contributed by atoms with Crippen molar-refractivity contribution in [3.63, 3.8) is 0 Å². The molecular weight excluding hydrogens is 761 g/mol. The Hall–Kier alpha value is -7.86. The monoisotopic (exact) mass is 794 g/mol. The van der Waals surface area contributed by atoms with Crippen LogP contribution in [-0.2, 0) is 0 Å². The van der Waals surface area contributed by atoms with Gasteiger partial charge in [0.2, 0.25) is 5.95 Å². The van der Waals surface area contributed by atoms with Crippen LogP contribution in [0, 0.1) is 0 Å². The van der Waals surface area contributed by atoms with Crippen LogP contribution in [0.3, 0.4) is 0 Å². The normalized spacial score (nSPS) is 11.9. The maximum absolute atomic E-state index is 5.54. The molecular formula is C56H34N4S. The lowest BCUT2D eigenvalue weighted by atomic mass is 9.97. The summed E-state index contributed by atoms with van der Waals surface area (Å²) in [6, 6.07) is 74.2. The van der Waals surface area contributed by atoms with Gasteiger partial charge in [0.15, 0.2) is 0 Å². The third kappa shape index (κ3) is 5.18. The molecule has 0 bridgehead atoms. The molecule has 9 aromatic carbocycles. The van der Waals surface area contributed by atoms with E-state index in [2.05, 4.69) is 215 Å². The number of benzene rings is 9. The molecule has 0 saturated heterocycles. The van der Waals surface area contributed by atoms with E-state index in [9.17, 15) is 0 Å². The van der Waals surface area contributed by atoms with Crippen molar-refractivity contribution >= 4 is 86.7 Å². The molecule has 0 amide bonds. The fourth-order valence-electron chi connectivity index (χ4n) is 9.64. The van der Waals surface area contributed by atoms with E-state index in [4.69, 9.17) is 9.97 Å². The van der Waals surface area contributed by atoms with Gasteiger partial charge in [-0.15, -0.1) is 11.3 Å². The van der Waals surface area contributed by atoms with E-state index in [0.29, 0.717) is 5.95 Å². The van der Waals surface area contributed by atoms with Crippen LogP contribution in [-0.4, -0.2) is 19.1 Å². The minimum atomic E-state index is 0.654. The Kier molecular flexibility index (Phi) is 7.44. The minimum Gasteiger partial charge on any atom is -0.309 e. The number of aromatic nitrogens is 4. The van der Waals surface area contributed by atoms with Gasteiger partial charge in [-0.2, -0.15) is 0 Å². The molecule has 0 aliphatic heterocycles. The average molecular weight is 795 g/mol. The molecule has 0 radical (unpaired) electrons. The Balaban J connectivity index is 1.07. The molecule has 4 heterocycles. The molecule has 0 spiro atoms. The van der Waals surface area contributed by atoms with Crippen LogP contribution < -0.4 is 0 Å². The second-order valence-corrected chi connectivity index (χ2v) is 16.8. The van der Waals surface area contributed by atoms with E-state index in [1.54, 1.807) is 0 Å². The molecule has 61 heavy (non-hydrogen) atoms. The zero-order chi connectivity index (χ0) is 40.0. The number of hydrogen-bond acceptors (Lipinski definition) is 3. The summed E-state index contributed by atoms with van der Waals surface area (Å²) in [6.07, 6.45) is 0. The lowest BCUT2D eigenvalue weighted by Crippen LogP contribution is -2.03. The summed E-state index contributed by atoms with van der Waals surface area (Å²) in [5.41, 5.74) is 12.1. The Morgan fingerprint density at radius 2 is 1.03 bits per heavy atom. The zero-order valence-electron chi connectivity index (χ0n) is 32.8. The van der Waals surface area contributed by atoms with Crippen molar-refractivity contribution in [3.05, 3.63) is 206 Å². The van der Waals surface area contributed by atoms with Crippen LogP contribution in [0.2, 0.25) is 0 Å². The summed E-state index contributed by atoms with van der Waals surface area (Å²) in [6.45, 7) is 0. The summed E-state index contributed by atoms with van der Waals surface area (Å²) in [5.74, 6) is 0.654. The van der Waals surface area contributed by atoms with E-state index >= 15 is 0 Å². The van der Waals surface area contributed by atoms with Gasteiger partial charge in [-0.3, -0.25) is 4.57 Å². The predicted molar refractivity (Wildman–Crippen MR) is 257 cm³/mol. The highest BCUT2D eigenvalue weighted by Gasteiger charge is 2.22. The second kappa shape index (κ2) is 13.3. The van der Waals surface area contributed by atoms with Crippen molar-refractivity contribution in [1.29, 1.82) is 0 Å². The predicted octanol–water partition coefficient (Wildman–Crippen LogP) is 15.2. The zero-order valence-corrected chi connectivity index (χ0v) is 33.6. The van der Waals surface area contributed by atoms with Gasteiger partial charge in [0, 0.05) is 47.8 Å². The van der Waals surface area contributed by atoms with Gasteiger partial charge in [0.25, 0.3) is 0 Å². The van der Waals surface area contributed by atoms with E-state index in [0.717, 1.165) is 44.3 Å². The third-order valence-corrected chi connectivity index (χ3v) is 13.5. The van der Waals surface area contributed by atoms with E-state index < -0.39 is 0 Å². The van der Waals surface area contributed by atoms with E-state index in [1.807, 2.05) is 11.3 Å². The van der Waals surface area contributed by atoms with Crippen molar-refractivity contribution in [2.24, 2.45) is 0 Å². The van der Waals surface area contributed by atoms with Gasteiger partial charge in [-0.05, 0) is 87.4 Å². The van der Waals surface area contributed by atoms with Gasteiger partial charge in [0.05, 0.1) is 33.3 Å². The molecule has 4 nitrogen and oxygen atoms in total. The first kappa shape index (κ1) is 34.0. The number of rotatable bonds is 5. The summed E-state index contributed by atoms with van der Waals surface area (Å²) < 4.78 is 5.87. The lowest BCUT2D eigenvalue weighted by Gasteiger charge is -2.13. The van der Waals surface area contributed by atoms with Crippen molar-refractivity contribution in [2.75, 3.05) is 0 Å². The Morgan fingerprint density at radius 1 is 0.377 bits per heavy atom. The first-order valence-electron chi connectivity index (χ1n) is 20.7. The van der Waals surface area contributed by atoms with Crippen molar-refractivity contribution in [3.8, 4) is 44.5 Å². The average Bonchev–Trinajstić information content (AvgIpc) is 4.02. The maximum Gasteiger partial charge on any atom is 0.235 e. The van der Waals surface area contributed by atoms with Crippen molar-refractivity contribution < 1.29 is 0 Å². The van der Waals surface area contributed by atoms with Crippen LogP contribution in [0.4, 0.5) is 0 Å². The van der Waals surface area contributed by atoms with Crippen LogP contribution in [0.25, 0.3) is 120 Å². The second-order valence-electron chi connectivity index (χ2n) is 15.7. The van der Waals surface area contributed by atoms with Crippen LogP contribution in [0.5, 0.6) is 0 Å². The highest BCUT2D eigenvalue weighted by molar-refractivity contribution is 7.23. The largest absolute Gasteiger partial charge is 0.309 e. The van der Waals surface area contributed by atoms with Gasteiger partial charge in [-0.1, -0.05) is 152 Å². The van der Waals surface area contributed by atoms with Crippen LogP contribution >= 0.6 is 11.3 Å². The molecule has 0 fully saturated rings. The molecule has 0 aliphatic carbocycles. The SMILES string of the molecule is c1ccc(-c2cc3ccc4nc(-n5c6ccccc6c6c(-c7ccc8c(c7)c7c9ccccc9ccc7n8-c7ccccc7)cccc65)nc(-c5ccccc5)c4c3s2)cc1. The fraction of sp³-hybridized carbons (Fsp3) is 0. The van der Waals surface area contributed by atoms with E-state index in [-0.39, 0.29) is 0 Å². The van der Waals surface area contributed by atoms with Crippen molar-refractivity contribution in [2.45, 2.75) is 0 Å². The molecule has 13 aromatic rings. The highest BCUT2D eigenvalue weighted by atomic mass is 32.1. The molecule has 5 heteroatoms. The molecule has 0 atom stereocenters. The Morgan fingerprint density at radius 3 is 1.87 bits per heavy atom.